The van der Waals surface area contributed by atoms with E-state index in [0.717, 1.165) is 17.8 Å². The second-order valence-electron chi connectivity index (χ2n) is 10.4. The van der Waals surface area contributed by atoms with Gasteiger partial charge in [-0.3, -0.25) is 0 Å². The summed E-state index contributed by atoms with van der Waals surface area (Å²) in [7, 11) is 4.40. The number of hydrogen-bond donors (Lipinski definition) is 0. The van der Waals surface area contributed by atoms with Gasteiger partial charge in [0.05, 0.1) is 0 Å². The van der Waals surface area contributed by atoms with Gasteiger partial charge in [-0.25, -0.2) is 0 Å². The molecule has 0 aromatic heterocycles. The van der Waals surface area contributed by atoms with E-state index < -0.39 is 0 Å². The monoisotopic (exact) mass is 477 g/mol. The van der Waals surface area contributed by atoms with Gasteiger partial charge in [0.25, 0.3) is 0 Å². The minimum atomic E-state index is 0.939. The molecule has 34 heavy (non-hydrogen) atoms. The van der Waals surface area contributed by atoms with Crippen LogP contribution in [0.15, 0.2) is 30.3 Å². The summed E-state index contributed by atoms with van der Waals surface area (Å²) in [4.78, 5) is 4.81. The van der Waals surface area contributed by atoms with E-state index in [2.05, 4.69) is 63.7 Å². The predicted octanol–water partition coefficient (Wildman–Crippen LogP) is 9.33. The highest BCUT2D eigenvalue weighted by molar-refractivity contribution is 5.11. The first kappa shape index (κ1) is 35.3. The van der Waals surface area contributed by atoms with Gasteiger partial charge < -0.3 is 9.80 Å². The SMILES string of the molecule is CC.CC.CC1CCCCC1.CC1CCCN(C)C1.CC1CCN(C)CC1.Cc1ccccc1. The maximum Gasteiger partial charge on any atom is 0.000398 e. The molecule has 4 rings (SSSR count). The van der Waals surface area contributed by atoms with Crippen molar-refractivity contribution < 1.29 is 0 Å². The number of hydrogen-bond acceptors (Lipinski definition) is 2. The standard InChI is InChI=1S/2C7H15N.C7H14.C7H8.2C2H6/c1-7-3-5-8(2)6-4-7;1-7-4-3-5-8(2)6-7;2*1-7-5-3-2-4-6-7;2*1-2/h2*7H,3-6H2,1-2H3;7H,2-6H2,1H3;2-6H,1H3;2*1-2H3. The molecule has 0 radical (unpaired) electrons. The van der Waals surface area contributed by atoms with Gasteiger partial charge in [-0.05, 0) is 84.1 Å². The quantitative estimate of drug-likeness (QED) is 0.368. The van der Waals surface area contributed by atoms with Gasteiger partial charge in [-0.2, -0.15) is 0 Å². The molecule has 1 aromatic carbocycles. The van der Waals surface area contributed by atoms with Crippen LogP contribution in [0.4, 0.5) is 0 Å². The van der Waals surface area contributed by atoms with Crippen LogP contribution in [0, 0.1) is 24.7 Å². The Morgan fingerprint density at radius 3 is 1.32 bits per heavy atom. The van der Waals surface area contributed by atoms with Crippen LogP contribution in [0.5, 0.6) is 0 Å². The summed E-state index contributed by atoms with van der Waals surface area (Å²) < 4.78 is 0. The van der Waals surface area contributed by atoms with Crippen molar-refractivity contribution >= 4 is 0 Å². The largest absolute Gasteiger partial charge is 0.306 e. The van der Waals surface area contributed by atoms with Gasteiger partial charge in [0.1, 0.15) is 0 Å². The summed E-state index contributed by atoms with van der Waals surface area (Å²) in [5, 5.41) is 0. The molecular formula is C32H64N2. The zero-order valence-electron chi connectivity index (χ0n) is 25.2. The van der Waals surface area contributed by atoms with Crippen molar-refractivity contribution in [3.63, 3.8) is 0 Å². The zero-order chi connectivity index (χ0) is 26.2. The van der Waals surface area contributed by atoms with Crippen LogP contribution in [0.2, 0.25) is 0 Å². The summed E-state index contributed by atoms with van der Waals surface area (Å²) in [6, 6.07) is 10.3. The van der Waals surface area contributed by atoms with E-state index in [-0.39, 0.29) is 0 Å². The minimum absolute atomic E-state index is 0.939. The van der Waals surface area contributed by atoms with E-state index in [4.69, 9.17) is 0 Å². The lowest BCUT2D eigenvalue weighted by molar-refractivity contribution is 0.221. The Balaban J connectivity index is 0. The molecule has 2 heteroatoms. The summed E-state index contributed by atoms with van der Waals surface area (Å²) >= 11 is 0. The number of benzene rings is 1. The van der Waals surface area contributed by atoms with Crippen molar-refractivity contribution in [2.45, 2.75) is 113 Å². The molecule has 0 bridgehead atoms. The Morgan fingerprint density at radius 1 is 0.559 bits per heavy atom. The third-order valence-corrected chi connectivity index (χ3v) is 6.70. The smallest absolute Gasteiger partial charge is 0.000398 e. The molecule has 0 amide bonds. The lowest BCUT2D eigenvalue weighted by atomic mass is 9.91. The van der Waals surface area contributed by atoms with E-state index in [1.807, 2.05) is 45.9 Å². The second kappa shape index (κ2) is 25.2. The van der Waals surface area contributed by atoms with Crippen LogP contribution >= 0.6 is 0 Å². The Hall–Kier alpha value is -0.860. The van der Waals surface area contributed by atoms with Crippen LogP contribution in [0.3, 0.4) is 0 Å². The molecule has 2 aliphatic heterocycles. The molecule has 1 saturated carbocycles. The number of aryl methyl sites for hydroxylation is 1. The molecule has 1 atom stereocenters. The second-order valence-corrected chi connectivity index (χ2v) is 10.4. The highest BCUT2D eigenvalue weighted by Gasteiger charge is 2.11. The minimum Gasteiger partial charge on any atom is -0.306 e. The molecule has 3 aliphatic rings. The first-order chi connectivity index (χ1) is 16.4. The molecule has 2 heterocycles. The van der Waals surface area contributed by atoms with Crippen molar-refractivity contribution in [1.29, 1.82) is 0 Å². The molecule has 1 aromatic rings. The Morgan fingerprint density at radius 2 is 1.03 bits per heavy atom. The normalized spacial score (nSPS) is 21.3. The van der Waals surface area contributed by atoms with Crippen molar-refractivity contribution in [3.8, 4) is 0 Å². The summed E-state index contributed by atoms with van der Waals surface area (Å²) in [5.74, 6) is 2.95. The molecule has 1 unspecified atom stereocenters. The van der Waals surface area contributed by atoms with Crippen LogP contribution < -0.4 is 0 Å². The lowest BCUT2D eigenvalue weighted by Gasteiger charge is -2.26. The molecule has 3 fully saturated rings. The number of nitrogens with zero attached hydrogens (tertiary/aromatic N) is 2. The van der Waals surface area contributed by atoms with Crippen molar-refractivity contribution in [2.24, 2.45) is 17.8 Å². The van der Waals surface area contributed by atoms with Gasteiger partial charge in [-0.15, -0.1) is 0 Å². The zero-order valence-corrected chi connectivity index (χ0v) is 25.2. The van der Waals surface area contributed by atoms with E-state index in [1.54, 1.807) is 0 Å². The molecule has 0 spiro atoms. The average Bonchev–Trinajstić information content (AvgIpc) is 2.86. The maximum atomic E-state index is 2.41. The maximum absolute atomic E-state index is 2.41. The lowest BCUT2D eigenvalue weighted by Crippen LogP contribution is -2.30. The van der Waals surface area contributed by atoms with Crippen LogP contribution in [-0.4, -0.2) is 50.1 Å². The Bertz CT molecular complexity index is 469. The van der Waals surface area contributed by atoms with E-state index in [0.29, 0.717) is 0 Å². The Kier molecular flexibility index (Phi) is 26.2. The van der Waals surface area contributed by atoms with Crippen molar-refractivity contribution in [3.05, 3.63) is 35.9 Å². The molecule has 2 nitrogen and oxygen atoms in total. The fraction of sp³-hybridized carbons (Fsp3) is 0.812. The third kappa shape index (κ3) is 22.9. The topological polar surface area (TPSA) is 6.48 Å². The molecule has 202 valence electrons. The van der Waals surface area contributed by atoms with Gasteiger partial charge in [0.2, 0.25) is 0 Å². The van der Waals surface area contributed by atoms with Gasteiger partial charge in [0, 0.05) is 6.54 Å². The Labute approximate surface area is 216 Å². The van der Waals surface area contributed by atoms with Crippen molar-refractivity contribution in [1.82, 2.24) is 9.80 Å². The first-order valence-corrected chi connectivity index (χ1v) is 14.8. The van der Waals surface area contributed by atoms with Crippen LogP contribution in [0.25, 0.3) is 0 Å². The molecule has 2 saturated heterocycles. The number of piperidine rings is 2. The van der Waals surface area contributed by atoms with Crippen LogP contribution in [-0.2, 0) is 0 Å². The summed E-state index contributed by atoms with van der Waals surface area (Å²) in [5.41, 5.74) is 1.32. The highest BCUT2D eigenvalue weighted by Crippen LogP contribution is 2.22. The van der Waals surface area contributed by atoms with Gasteiger partial charge in [0.15, 0.2) is 0 Å². The molecule has 1 aliphatic carbocycles. The van der Waals surface area contributed by atoms with Gasteiger partial charge in [-0.1, -0.05) is 116 Å². The van der Waals surface area contributed by atoms with E-state index in [9.17, 15) is 0 Å². The average molecular weight is 477 g/mol. The van der Waals surface area contributed by atoms with Crippen molar-refractivity contribution in [2.75, 3.05) is 40.3 Å². The van der Waals surface area contributed by atoms with Gasteiger partial charge >= 0.3 is 0 Å². The van der Waals surface area contributed by atoms with E-state index in [1.165, 1.54) is 89.5 Å². The number of rotatable bonds is 0. The highest BCUT2D eigenvalue weighted by atomic mass is 15.1. The molecule has 0 N–H and O–H groups in total. The fourth-order valence-electron chi connectivity index (χ4n) is 4.40. The van der Waals surface area contributed by atoms with E-state index >= 15 is 0 Å². The number of likely N-dealkylation sites (tertiary alicyclic amines) is 2. The molecular weight excluding hydrogens is 412 g/mol. The summed E-state index contributed by atoms with van der Waals surface area (Å²) in [6.45, 7) is 22.3. The third-order valence-electron chi connectivity index (χ3n) is 6.70. The predicted molar refractivity (Wildman–Crippen MR) is 158 cm³/mol. The van der Waals surface area contributed by atoms with Crippen LogP contribution in [0.1, 0.15) is 112 Å². The summed E-state index contributed by atoms with van der Waals surface area (Å²) in [6.07, 6.45) is 13.1. The first-order valence-electron chi connectivity index (χ1n) is 14.8. The fourth-order valence-corrected chi connectivity index (χ4v) is 4.40.